The Balaban J connectivity index is 1.16. The van der Waals surface area contributed by atoms with Gasteiger partial charge in [0.1, 0.15) is 0 Å². The monoisotopic (exact) mass is 476 g/mol. The van der Waals surface area contributed by atoms with E-state index in [2.05, 4.69) is 21.6 Å². The van der Waals surface area contributed by atoms with E-state index in [1.165, 1.54) is 23.1 Å². The lowest BCUT2D eigenvalue weighted by Crippen LogP contribution is -2.32. The molecule has 1 aromatic heterocycles. The van der Waals surface area contributed by atoms with Gasteiger partial charge in [-0.25, -0.2) is 0 Å². The van der Waals surface area contributed by atoms with Gasteiger partial charge in [0.05, 0.1) is 31.1 Å². The van der Waals surface area contributed by atoms with Crippen LogP contribution in [0.4, 0.5) is 5.13 Å². The molecule has 2 unspecified atom stereocenters. The van der Waals surface area contributed by atoms with E-state index in [9.17, 15) is 4.79 Å². The SMILES string of the molecule is O=C(CSc1nnc(NCC2CCCO2)s1)N1CCCC1c1ccc2c(c1)OCCCO2. The molecule has 2 atom stereocenters. The van der Waals surface area contributed by atoms with Crippen LogP contribution in [-0.2, 0) is 9.53 Å². The summed E-state index contributed by atoms with van der Waals surface area (Å²) < 4.78 is 18.0. The predicted octanol–water partition coefficient (Wildman–Crippen LogP) is 3.75. The summed E-state index contributed by atoms with van der Waals surface area (Å²) in [5.41, 5.74) is 1.11. The van der Waals surface area contributed by atoms with Crippen LogP contribution in [0.15, 0.2) is 22.5 Å². The summed E-state index contributed by atoms with van der Waals surface area (Å²) in [6, 6.07) is 6.16. The number of carbonyl (C=O) groups is 1. The molecule has 5 rings (SSSR count). The van der Waals surface area contributed by atoms with E-state index in [4.69, 9.17) is 14.2 Å². The quantitative estimate of drug-likeness (QED) is 0.605. The van der Waals surface area contributed by atoms with E-state index < -0.39 is 0 Å². The molecule has 0 aliphatic carbocycles. The minimum Gasteiger partial charge on any atom is -0.490 e. The zero-order valence-corrected chi connectivity index (χ0v) is 19.6. The summed E-state index contributed by atoms with van der Waals surface area (Å²) in [6.07, 6.45) is 5.32. The molecule has 4 heterocycles. The van der Waals surface area contributed by atoms with Crippen molar-refractivity contribution in [1.82, 2.24) is 15.1 Å². The van der Waals surface area contributed by atoms with Crippen molar-refractivity contribution >= 4 is 34.1 Å². The average molecular weight is 477 g/mol. The average Bonchev–Trinajstić information content (AvgIpc) is 3.56. The van der Waals surface area contributed by atoms with Gasteiger partial charge in [-0.05, 0) is 43.4 Å². The number of ether oxygens (including phenoxy) is 3. The van der Waals surface area contributed by atoms with E-state index in [0.717, 1.165) is 78.3 Å². The Morgan fingerprint density at radius 1 is 1.12 bits per heavy atom. The van der Waals surface area contributed by atoms with Crippen molar-refractivity contribution in [2.45, 2.75) is 48.6 Å². The lowest BCUT2D eigenvalue weighted by molar-refractivity contribution is -0.129. The molecule has 0 bridgehead atoms. The predicted molar refractivity (Wildman–Crippen MR) is 124 cm³/mol. The van der Waals surface area contributed by atoms with Crippen LogP contribution in [0.1, 0.15) is 43.7 Å². The fourth-order valence-corrected chi connectivity index (χ4v) is 6.00. The van der Waals surface area contributed by atoms with Gasteiger partial charge in [-0.1, -0.05) is 29.2 Å². The normalized spacial score (nSPS) is 22.7. The number of amides is 1. The van der Waals surface area contributed by atoms with Crippen molar-refractivity contribution < 1.29 is 19.0 Å². The number of hydrogen-bond donors (Lipinski definition) is 1. The smallest absolute Gasteiger partial charge is 0.233 e. The first-order chi connectivity index (χ1) is 15.8. The summed E-state index contributed by atoms with van der Waals surface area (Å²) >= 11 is 2.94. The number of nitrogens with one attached hydrogen (secondary N) is 1. The summed E-state index contributed by atoms with van der Waals surface area (Å²) in [4.78, 5) is 15.0. The van der Waals surface area contributed by atoms with Gasteiger partial charge in [0.25, 0.3) is 0 Å². The minimum absolute atomic E-state index is 0.0818. The van der Waals surface area contributed by atoms with Crippen molar-refractivity contribution in [3.8, 4) is 11.5 Å². The molecule has 8 nitrogen and oxygen atoms in total. The topological polar surface area (TPSA) is 85.8 Å². The number of aromatic nitrogens is 2. The molecule has 1 aromatic carbocycles. The number of thioether (sulfide) groups is 1. The third-order valence-electron chi connectivity index (χ3n) is 5.96. The molecule has 0 spiro atoms. The second-order valence-corrected chi connectivity index (χ2v) is 10.4. The maximum atomic E-state index is 13.0. The third kappa shape index (κ3) is 5.13. The second kappa shape index (κ2) is 10.3. The summed E-state index contributed by atoms with van der Waals surface area (Å²) in [6.45, 7) is 3.71. The summed E-state index contributed by atoms with van der Waals surface area (Å²) in [7, 11) is 0. The van der Waals surface area contributed by atoms with E-state index >= 15 is 0 Å². The zero-order valence-electron chi connectivity index (χ0n) is 18.0. The molecule has 172 valence electrons. The largest absolute Gasteiger partial charge is 0.490 e. The number of nitrogens with zero attached hydrogens (tertiary/aromatic N) is 3. The van der Waals surface area contributed by atoms with Gasteiger partial charge in [0, 0.05) is 26.1 Å². The maximum Gasteiger partial charge on any atom is 0.233 e. The number of hydrogen-bond acceptors (Lipinski definition) is 9. The molecular weight excluding hydrogens is 448 g/mol. The van der Waals surface area contributed by atoms with Gasteiger partial charge in [-0.15, -0.1) is 10.2 Å². The lowest BCUT2D eigenvalue weighted by atomic mass is 10.0. The number of fused-ring (bicyclic) bond motifs is 1. The first kappa shape index (κ1) is 21.8. The Kier molecular flexibility index (Phi) is 6.99. The highest BCUT2D eigenvalue weighted by atomic mass is 32.2. The Morgan fingerprint density at radius 2 is 2.03 bits per heavy atom. The Morgan fingerprint density at radius 3 is 2.91 bits per heavy atom. The second-order valence-electron chi connectivity index (χ2n) is 8.18. The molecule has 0 radical (unpaired) electrons. The van der Waals surface area contributed by atoms with Gasteiger partial charge in [0.15, 0.2) is 15.8 Å². The first-order valence-corrected chi connectivity index (χ1v) is 13.1. The highest BCUT2D eigenvalue weighted by Crippen LogP contribution is 2.38. The van der Waals surface area contributed by atoms with Crippen molar-refractivity contribution in [2.75, 3.05) is 44.0 Å². The molecule has 10 heteroatoms. The van der Waals surface area contributed by atoms with Crippen LogP contribution >= 0.6 is 23.1 Å². The van der Waals surface area contributed by atoms with Crippen LogP contribution in [0.25, 0.3) is 0 Å². The Labute approximate surface area is 196 Å². The highest BCUT2D eigenvalue weighted by Gasteiger charge is 2.31. The fourth-order valence-electron chi connectivity index (χ4n) is 4.35. The molecular formula is C22H28N4O4S2. The molecule has 3 aliphatic heterocycles. The maximum absolute atomic E-state index is 13.0. The van der Waals surface area contributed by atoms with Gasteiger partial charge < -0.3 is 24.4 Å². The molecule has 1 N–H and O–H groups in total. The van der Waals surface area contributed by atoms with Crippen LogP contribution in [0, 0.1) is 0 Å². The molecule has 1 amide bonds. The van der Waals surface area contributed by atoms with Crippen LogP contribution < -0.4 is 14.8 Å². The lowest BCUT2D eigenvalue weighted by Gasteiger charge is -2.25. The van der Waals surface area contributed by atoms with E-state index in [0.29, 0.717) is 19.0 Å². The first-order valence-electron chi connectivity index (χ1n) is 11.3. The van der Waals surface area contributed by atoms with Crippen molar-refractivity contribution in [3.05, 3.63) is 23.8 Å². The van der Waals surface area contributed by atoms with E-state index in [-0.39, 0.29) is 18.1 Å². The number of rotatable bonds is 7. The van der Waals surface area contributed by atoms with E-state index in [1.54, 1.807) is 0 Å². The summed E-state index contributed by atoms with van der Waals surface area (Å²) in [5, 5.41) is 12.5. The third-order valence-corrected chi connectivity index (χ3v) is 7.96. The van der Waals surface area contributed by atoms with E-state index in [1.807, 2.05) is 17.0 Å². The molecule has 3 aliphatic rings. The summed E-state index contributed by atoms with van der Waals surface area (Å²) in [5.74, 6) is 2.07. The number of anilines is 1. The van der Waals surface area contributed by atoms with Crippen molar-refractivity contribution in [3.63, 3.8) is 0 Å². The minimum atomic E-state index is 0.0818. The molecule has 2 aromatic rings. The van der Waals surface area contributed by atoms with Gasteiger partial charge in [-0.3, -0.25) is 4.79 Å². The number of likely N-dealkylation sites (tertiary alicyclic amines) is 1. The van der Waals surface area contributed by atoms with Crippen LogP contribution in [0.5, 0.6) is 11.5 Å². The standard InChI is InChI=1S/C22H28N4O4S2/c27-20(14-31-22-25-24-21(32-22)23-13-16-4-2-9-28-16)26-8-1-5-17(26)15-6-7-18-19(12-15)30-11-3-10-29-18/h6-7,12,16-17H,1-5,8-11,13-14H2,(H,23,24). The van der Waals surface area contributed by atoms with Crippen molar-refractivity contribution in [2.24, 2.45) is 0 Å². The van der Waals surface area contributed by atoms with Gasteiger partial charge >= 0.3 is 0 Å². The van der Waals surface area contributed by atoms with Crippen LogP contribution in [0.3, 0.4) is 0 Å². The van der Waals surface area contributed by atoms with Crippen molar-refractivity contribution in [1.29, 1.82) is 0 Å². The fraction of sp³-hybridized carbons (Fsp3) is 0.591. The number of benzene rings is 1. The van der Waals surface area contributed by atoms with Crippen LogP contribution in [0.2, 0.25) is 0 Å². The Bertz CT molecular complexity index is 934. The van der Waals surface area contributed by atoms with Crippen LogP contribution in [-0.4, -0.2) is 65.8 Å². The number of carbonyl (C=O) groups excluding carboxylic acids is 1. The molecule has 2 fully saturated rings. The van der Waals surface area contributed by atoms with Gasteiger partial charge in [0.2, 0.25) is 11.0 Å². The molecule has 32 heavy (non-hydrogen) atoms. The zero-order chi connectivity index (χ0) is 21.8. The Hall–Kier alpha value is -2.04. The molecule has 0 saturated carbocycles. The molecule has 2 saturated heterocycles. The highest BCUT2D eigenvalue weighted by molar-refractivity contribution is 8.01. The van der Waals surface area contributed by atoms with Gasteiger partial charge in [-0.2, -0.15) is 0 Å².